The highest BCUT2D eigenvalue weighted by molar-refractivity contribution is 9.10. The van der Waals surface area contributed by atoms with Crippen LogP contribution in [0.3, 0.4) is 0 Å². The Hall–Kier alpha value is -3.11. The fraction of sp³-hybridized carbons (Fsp3) is 0.346. The van der Waals surface area contributed by atoms with E-state index in [1.54, 1.807) is 18.3 Å². The minimum absolute atomic E-state index is 0.142. The average molecular weight is 508 g/mol. The molecule has 1 aromatic heterocycles. The number of para-hydroxylation sites is 1. The number of halogens is 1. The van der Waals surface area contributed by atoms with E-state index in [2.05, 4.69) is 27.0 Å². The van der Waals surface area contributed by atoms with E-state index >= 15 is 0 Å². The normalized spacial score (nSPS) is 14.5. The van der Waals surface area contributed by atoms with Gasteiger partial charge in [-0.15, -0.1) is 6.42 Å². The predicted octanol–water partition coefficient (Wildman–Crippen LogP) is 5.50. The van der Waals surface area contributed by atoms with Gasteiger partial charge in [-0.1, -0.05) is 37.3 Å². The molecular formula is C26H26BrN3O3. The Bertz CT molecular complexity index is 1270. The van der Waals surface area contributed by atoms with E-state index in [1.807, 2.05) is 31.2 Å². The number of benzene rings is 2. The topological polar surface area (TPSA) is 65.7 Å². The summed E-state index contributed by atoms with van der Waals surface area (Å²) in [6.45, 7) is 2.52. The molecular weight excluding hydrogens is 482 g/mol. The molecule has 170 valence electrons. The summed E-state index contributed by atoms with van der Waals surface area (Å²) in [6, 6.07) is 11.1. The van der Waals surface area contributed by atoms with Crippen LogP contribution in [0.15, 0.2) is 50.8 Å². The average Bonchev–Trinajstić information content (AvgIpc) is 2.84. The highest BCUT2D eigenvalue weighted by Crippen LogP contribution is 2.34. The maximum Gasteiger partial charge on any atom is 0.282 e. The Kier molecular flexibility index (Phi) is 7.46. The molecule has 1 saturated carbocycles. The standard InChI is InChI=1S/C26H26BrN3O3/c1-3-14-33-24-16-21(27)19(15-23(24)32-4-2)17-28-30-25(18-10-6-5-7-11-18)29-22-13-9-8-12-20(22)26(30)31/h1,8-9,12-13,15-18H,4-7,10-11,14H2,2H3. The van der Waals surface area contributed by atoms with E-state index in [-0.39, 0.29) is 18.1 Å². The predicted molar refractivity (Wildman–Crippen MR) is 134 cm³/mol. The molecule has 0 amide bonds. The molecule has 1 aliphatic carbocycles. The molecule has 0 unspecified atom stereocenters. The van der Waals surface area contributed by atoms with Gasteiger partial charge in [-0.2, -0.15) is 9.78 Å². The number of hydrogen-bond donors (Lipinski definition) is 0. The first kappa shape index (κ1) is 23.1. The molecule has 1 fully saturated rings. The van der Waals surface area contributed by atoms with E-state index in [4.69, 9.17) is 20.9 Å². The fourth-order valence-electron chi connectivity index (χ4n) is 4.15. The molecule has 0 saturated heterocycles. The van der Waals surface area contributed by atoms with Crippen LogP contribution in [-0.4, -0.2) is 29.1 Å². The number of rotatable bonds is 7. The van der Waals surface area contributed by atoms with E-state index < -0.39 is 0 Å². The molecule has 0 aliphatic heterocycles. The number of hydrogen-bond acceptors (Lipinski definition) is 5. The second kappa shape index (κ2) is 10.7. The maximum absolute atomic E-state index is 13.4. The lowest BCUT2D eigenvalue weighted by Gasteiger charge is -2.22. The summed E-state index contributed by atoms with van der Waals surface area (Å²) in [7, 11) is 0. The van der Waals surface area contributed by atoms with Crippen molar-refractivity contribution in [1.82, 2.24) is 9.66 Å². The van der Waals surface area contributed by atoms with Crippen LogP contribution in [0.1, 0.15) is 56.3 Å². The number of ether oxygens (including phenoxy) is 2. The molecule has 0 radical (unpaired) electrons. The molecule has 3 aromatic rings. The number of fused-ring (bicyclic) bond motifs is 1. The third-order valence-electron chi connectivity index (χ3n) is 5.74. The number of terminal acetylenes is 1. The molecule has 1 heterocycles. The molecule has 4 rings (SSSR count). The van der Waals surface area contributed by atoms with E-state index in [0.717, 1.165) is 41.5 Å². The van der Waals surface area contributed by atoms with Crippen LogP contribution in [0.2, 0.25) is 0 Å². The highest BCUT2D eigenvalue weighted by Gasteiger charge is 2.22. The summed E-state index contributed by atoms with van der Waals surface area (Å²) in [4.78, 5) is 18.2. The van der Waals surface area contributed by atoms with Gasteiger partial charge in [0.25, 0.3) is 5.56 Å². The van der Waals surface area contributed by atoms with Crippen molar-refractivity contribution in [2.24, 2.45) is 5.10 Å². The zero-order chi connectivity index (χ0) is 23.2. The summed E-state index contributed by atoms with van der Waals surface area (Å²) in [6.07, 6.45) is 12.5. The first-order chi connectivity index (χ1) is 16.1. The van der Waals surface area contributed by atoms with Crippen LogP contribution in [0.25, 0.3) is 10.9 Å². The molecule has 2 aromatic carbocycles. The zero-order valence-corrected chi connectivity index (χ0v) is 20.2. The molecule has 0 N–H and O–H groups in total. The summed E-state index contributed by atoms with van der Waals surface area (Å²) < 4.78 is 13.5. The van der Waals surface area contributed by atoms with Crippen molar-refractivity contribution < 1.29 is 9.47 Å². The Morgan fingerprint density at radius 1 is 1.21 bits per heavy atom. The van der Waals surface area contributed by atoms with Gasteiger partial charge < -0.3 is 9.47 Å². The van der Waals surface area contributed by atoms with E-state index in [0.29, 0.717) is 29.0 Å². The quantitative estimate of drug-likeness (QED) is 0.312. The van der Waals surface area contributed by atoms with Crippen LogP contribution >= 0.6 is 15.9 Å². The van der Waals surface area contributed by atoms with Crippen LogP contribution in [-0.2, 0) is 0 Å². The van der Waals surface area contributed by atoms with Gasteiger partial charge in [0.2, 0.25) is 0 Å². The van der Waals surface area contributed by atoms with Crippen molar-refractivity contribution in [2.45, 2.75) is 44.9 Å². The van der Waals surface area contributed by atoms with Gasteiger partial charge in [0, 0.05) is 16.0 Å². The van der Waals surface area contributed by atoms with Gasteiger partial charge in [0.1, 0.15) is 12.4 Å². The lowest BCUT2D eigenvalue weighted by molar-refractivity contribution is 0.299. The minimum atomic E-state index is -0.160. The van der Waals surface area contributed by atoms with Gasteiger partial charge >= 0.3 is 0 Å². The largest absolute Gasteiger partial charge is 0.490 e. The Labute approximate surface area is 201 Å². The van der Waals surface area contributed by atoms with Crippen molar-refractivity contribution in [1.29, 1.82) is 0 Å². The number of aromatic nitrogens is 2. The lowest BCUT2D eigenvalue weighted by atomic mass is 9.88. The van der Waals surface area contributed by atoms with Crippen molar-refractivity contribution >= 4 is 33.0 Å². The van der Waals surface area contributed by atoms with Crippen molar-refractivity contribution in [3.8, 4) is 23.8 Å². The van der Waals surface area contributed by atoms with Crippen LogP contribution in [0, 0.1) is 12.3 Å². The first-order valence-corrected chi connectivity index (χ1v) is 12.0. The van der Waals surface area contributed by atoms with Gasteiger partial charge in [0.05, 0.1) is 23.7 Å². The Morgan fingerprint density at radius 3 is 2.73 bits per heavy atom. The molecule has 33 heavy (non-hydrogen) atoms. The second-order valence-electron chi connectivity index (χ2n) is 7.93. The van der Waals surface area contributed by atoms with Crippen molar-refractivity contribution in [3.05, 3.63) is 62.6 Å². The maximum atomic E-state index is 13.4. The first-order valence-electron chi connectivity index (χ1n) is 11.2. The molecule has 0 spiro atoms. The molecule has 6 nitrogen and oxygen atoms in total. The number of nitrogens with zero attached hydrogens (tertiary/aromatic N) is 3. The molecule has 0 atom stereocenters. The van der Waals surface area contributed by atoms with Crippen LogP contribution < -0.4 is 15.0 Å². The van der Waals surface area contributed by atoms with Crippen molar-refractivity contribution in [2.75, 3.05) is 13.2 Å². The van der Waals surface area contributed by atoms with Gasteiger partial charge in [-0.25, -0.2) is 4.98 Å². The zero-order valence-electron chi connectivity index (χ0n) is 18.6. The van der Waals surface area contributed by atoms with Gasteiger partial charge in [-0.05, 0) is 60.0 Å². The van der Waals surface area contributed by atoms with E-state index in [1.165, 1.54) is 11.1 Å². The molecule has 7 heteroatoms. The van der Waals surface area contributed by atoms with Crippen LogP contribution in [0.5, 0.6) is 11.5 Å². The Morgan fingerprint density at radius 2 is 1.97 bits per heavy atom. The second-order valence-corrected chi connectivity index (χ2v) is 8.78. The van der Waals surface area contributed by atoms with Crippen LogP contribution in [0.4, 0.5) is 0 Å². The molecule has 0 bridgehead atoms. The summed E-state index contributed by atoms with van der Waals surface area (Å²) >= 11 is 3.57. The Balaban J connectivity index is 1.79. The van der Waals surface area contributed by atoms with Crippen molar-refractivity contribution in [3.63, 3.8) is 0 Å². The highest BCUT2D eigenvalue weighted by atomic mass is 79.9. The summed E-state index contributed by atoms with van der Waals surface area (Å²) in [5.74, 6) is 4.52. The molecule has 1 aliphatic rings. The third kappa shape index (κ3) is 5.12. The monoisotopic (exact) mass is 507 g/mol. The van der Waals surface area contributed by atoms with Gasteiger partial charge in [-0.3, -0.25) is 4.79 Å². The summed E-state index contributed by atoms with van der Waals surface area (Å²) in [5.41, 5.74) is 1.30. The fourth-order valence-corrected chi connectivity index (χ4v) is 4.57. The SMILES string of the molecule is C#CCOc1cc(Br)c(C=Nn2c(C3CCCCC3)nc3ccccc3c2=O)cc1OCC. The third-order valence-corrected chi connectivity index (χ3v) is 6.42. The summed E-state index contributed by atoms with van der Waals surface area (Å²) in [5, 5.41) is 5.17. The lowest BCUT2D eigenvalue weighted by Crippen LogP contribution is -2.25. The smallest absolute Gasteiger partial charge is 0.282 e. The van der Waals surface area contributed by atoms with Gasteiger partial charge in [0.15, 0.2) is 11.5 Å². The minimum Gasteiger partial charge on any atom is -0.490 e. The van der Waals surface area contributed by atoms with E-state index in [9.17, 15) is 4.79 Å².